The first-order valence-electron chi connectivity index (χ1n) is 10.9. The second-order valence-corrected chi connectivity index (χ2v) is 8.20. The molecule has 0 radical (unpaired) electrons. The molecule has 1 N–H and O–H groups in total. The number of aliphatic hydroxyl groups excluding tert-OH is 1. The minimum atomic E-state index is -0.263. The van der Waals surface area contributed by atoms with Crippen LogP contribution in [0.3, 0.4) is 0 Å². The number of likely N-dealkylation sites (tertiary alicyclic amines) is 2. The molecule has 2 aliphatic heterocycles. The van der Waals surface area contributed by atoms with Gasteiger partial charge in [0.2, 0.25) is 0 Å². The van der Waals surface area contributed by atoms with E-state index in [2.05, 4.69) is 21.9 Å². The number of rotatable bonds is 5. The van der Waals surface area contributed by atoms with Crippen molar-refractivity contribution >= 4 is 10.9 Å². The van der Waals surface area contributed by atoms with Gasteiger partial charge in [0.15, 0.2) is 0 Å². The number of fused-ring (bicyclic) bond motifs is 1. The number of hydrogen-bond acceptors (Lipinski definition) is 5. The van der Waals surface area contributed by atoms with Crippen molar-refractivity contribution in [3.05, 3.63) is 36.0 Å². The van der Waals surface area contributed by atoms with Gasteiger partial charge in [-0.1, -0.05) is 18.9 Å². The van der Waals surface area contributed by atoms with Crippen molar-refractivity contribution in [2.45, 2.75) is 57.7 Å². The standard InChI is InChI=1S/C23H33N3O2/c1-2-28-20-9-10-21-18(15-20)7-8-19(24-21)16-25-14-11-22(23(27)17-25)26-12-5-3-4-6-13-26/h7-10,15,22-23,27H,2-6,11-14,16-17H2,1H3/t22-,23-/m1/s1. The Morgan fingerprint density at radius 1 is 1.07 bits per heavy atom. The number of pyridine rings is 1. The summed E-state index contributed by atoms with van der Waals surface area (Å²) in [5.41, 5.74) is 2.07. The summed E-state index contributed by atoms with van der Waals surface area (Å²) in [4.78, 5) is 9.72. The summed E-state index contributed by atoms with van der Waals surface area (Å²) < 4.78 is 5.58. The van der Waals surface area contributed by atoms with Crippen molar-refractivity contribution in [2.24, 2.45) is 0 Å². The molecule has 0 aliphatic carbocycles. The third-order valence-electron chi connectivity index (χ3n) is 6.16. The lowest BCUT2D eigenvalue weighted by atomic mass is 9.99. The lowest BCUT2D eigenvalue weighted by Gasteiger charge is -2.41. The maximum absolute atomic E-state index is 10.8. The zero-order chi connectivity index (χ0) is 19.3. The number of piperidine rings is 1. The smallest absolute Gasteiger partial charge is 0.120 e. The van der Waals surface area contributed by atoms with Crippen molar-refractivity contribution in [1.82, 2.24) is 14.8 Å². The van der Waals surface area contributed by atoms with Gasteiger partial charge < -0.3 is 9.84 Å². The van der Waals surface area contributed by atoms with Crippen LogP contribution in [0.5, 0.6) is 5.75 Å². The predicted octanol–water partition coefficient (Wildman–Crippen LogP) is 3.44. The Bertz CT molecular complexity index is 774. The van der Waals surface area contributed by atoms with Crippen LogP contribution < -0.4 is 4.74 Å². The minimum Gasteiger partial charge on any atom is -0.494 e. The van der Waals surface area contributed by atoms with Gasteiger partial charge in [0.1, 0.15) is 5.75 Å². The van der Waals surface area contributed by atoms with Crippen LogP contribution in [0.1, 0.15) is 44.7 Å². The normalized spacial score (nSPS) is 24.9. The molecule has 2 aliphatic rings. The van der Waals surface area contributed by atoms with E-state index in [0.29, 0.717) is 12.6 Å². The lowest BCUT2D eigenvalue weighted by molar-refractivity contribution is -0.0147. The zero-order valence-electron chi connectivity index (χ0n) is 17.0. The summed E-state index contributed by atoms with van der Waals surface area (Å²) in [7, 11) is 0. The third-order valence-corrected chi connectivity index (χ3v) is 6.16. The van der Waals surface area contributed by atoms with Crippen LogP contribution in [-0.2, 0) is 6.54 Å². The summed E-state index contributed by atoms with van der Waals surface area (Å²) in [6, 6.07) is 10.6. The molecular formula is C23H33N3O2. The molecule has 0 saturated carbocycles. The highest BCUT2D eigenvalue weighted by Gasteiger charge is 2.32. The minimum absolute atomic E-state index is 0.263. The molecule has 1 aromatic heterocycles. The fourth-order valence-electron chi connectivity index (χ4n) is 4.70. The molecule has 2 aromatic rings. The fraction of sp³-hybridized carbons (Fsp3) is 0.609. The Hall–Kier alpha value is -1.69. The van der Waals surface area contributed by atoms with Gasteiger partial charge in [-0.25, -0.2) is 0 Å². The molecule has 28 heavy (non-hydrogen) atoms. The van der Waals surface area contributed by atoms with Crippen LogP contribution in [0.4, 0.5) is 0 Å². The molecule has 0 amide bonds. The number of nitrogens with zero attached hydrogens (tertiary/aromatic N) is 3. The van der Waals surface area contributed by atoms with Gasteiger partial charge in [-0.15, -0.1) is 0 Å². The number of ether oxygens (including phenoxy) is 1. The Balaban J connectivity index is 1.37. The van der Waals surface area contributed by atoms with Crippen LogP contribution in [0.25, 0.3) is 10.9 Å². The average molecular weight is 384 g/mol. The van der Waals surface area contributed by atoms with Crippen LogP contribution in [0, 0.1) is 0 Å². The first-order valence-corrected chi connectivity index (χ1v) is 10.9. The van der Waals surface area contributed by atoms with Gasteiger partial charge in [-0.3, -0.25) is 14.8 Å². The highest BCUT2D eigenvalue weighted by molar-refractivity contribution is 5.80. The maximum Gasteiger partial charge on any atom is 0.120 e. The summed E-state index contributed by atoms with van der Waals surface area (Å²) in [5, 5.41) is 11.9. The highest BCUT2D eigenvalue weighted by Crippen LogP contribution is 2.23. The van der Waals surface area contributed by atoms with Crippen LogP contribution in [-0.4, -0.2) is 64.8 Å². The summed E-state index contributed by atoms with van der Waals surface area (Å²) in [6.45, 7) is 7.54. The topological polar surface area (TPSA) is 48.8 Å². The molecule has 5 heteroatoms. The van der Waals surface area contributed by atoms with E-state index in [-0.39, 0.29) is 6.10 Å². The Labute approximate surface area is 168 Å². The number of hydrogen-bond donors (Lipinski definition) is 1. The second kappa shape index (κ2) is 9.21. The van der Waals surface area contributed by atoms with Gasteiger partial charge in [-0.05, 0) is 63.5 Å². The number of aliphatic hydroxyl groups is 1. The van der Waals surface area contributed by atoms with Gasteiger partial charge in [0.05, 0.1) is 23.9 Å². The first-order chi connectivity index (χ1) is 13.7. The fourth-order valence-corrected chi connectivity index (χ4v) is 4.70. The largest absolute Gasteiger partial charge is 0.494 e. The van der Waals surface area contributed by atoms with Gasteiger partial charge in [-0.2, -0.15) is 0 Å². The molecule has 2 fully saturated rings. The van der Waals surface area contributed by atoms with Crippen LogP contribution in [0.15, 0.2) is 30.3 Å². The van der Waals surface area contributed by atoms with E-state index in [1.807, 2.05) is 25.1 Å². The van der Waals surface area contributed by atoms with Gasteiger partial charge in [0.25, 0.3) is 0 Å². The second-order valence-electron chi connectivity index (χ2n) is 8.20. The number of β-amino-alcohol motifs (C(OH)–C–C–N with tert-alkyl or cyclic N) is 1. The number of aromatic nitrogens is 1. The maximum atomic E-state index is 10.8. The van der Waals surface area contributed by atoms with E-state index >= 15 is 0 Å². The van der Waals surface area contributed by atoms with Gasteiger partial charge >= 0.3 is 0 Å². The average Bonchev–Trinajstić information content (AvgIpc) is 2.98. The van der Waals surface area contributed by atoms with Crippen molar-refractivity contribution in [2.75, 3.05) is 32.8 Å². The summed E-state index contributed by atoms with van der Waals surface area (Å²) in [5.74, 6) is 0.892. The van der Waals surface area contributed by atoms with Gasteiger partial charge in [0, 0.05) is 31.1 Å². The van der Waals surface area contributed by atoms with E-state index < -0.39 is 0 Å². The number of benzene rings is 1. The van der Waals surface area contributed by atoms with E-state index in [1.165, 1.54) is 25.7 Å². The van der Waals surface area contributed by atoms with E-state index in [0.717, 1.165) is 61.5 Å². The SMILES string of the molecule is CCOc1ccc2nc(CN3CC[C@@H](N4CCCCCC4)[C@H](O)C3)ccc2c1. The Morgan fingerprint density at radius 2 is 1.89 bits per heavy atom. The third kappa shape index (κ3) is 4.65. The molecule has 0 bridgehead atoms. The summed E-state index contributed by atoms with van der Waals surface area (Å²) in [6.07, 6.45) is 6.02. The molecule has 0 unspecified atom stereocenters. The summed E-state index contributed by atoms with van der Waals surface area (Å²) >= 11 is 0. The molecule has 4 rings (SSSR count). The monoisotopic (exact) mass is 383 g/mol. The van der Waals surface area contributed by atoms with E-state index in [9.17, 15) is 5.11 Å². The quantitative estimate of drug-likeness (QED) is 0.857. The zero-order valence-corrected chi connectivity index (χ0v) is 17.0. The van der Waals surface area contributed by atoms with Crippen molar-refractivity contribution in [3.63, 3.8) is 0 Å². The molecule has 5 nitrogen and oxygen atoms in total. The molecule has 2 atom stereocenters. The molecule has 0 spiro atoms. The van der Waals surface area contributed by atoms with E-state index in [1.54, 1.807) is 0 Å². The first kappa shape index (κ1) is 19.6. The molecule has 3 heterocycles. The van der Waals surface area contributed by atoms with Crippen molar-refractivity contribution in [1.29, 1.82) is 0 Å². The van der Waals surface area contributed by atoms with Crippen molar-refractivity contribution in [3.8, 4) is 5.75 Å². The molecular weight excluding hydrogens is 350 g/mol. The Kier molecular flexibility index (Phi) is 6.45. The molecule has 2 saturated heterocycles. The van der Waals surface area contributed by atoms with E-state index in [4.69, 9.17) is 9.72 Å². The molecule has 152 valence electrons. The highest BCUT2D eigenvalue weighted by atomic mass is 16.5. The lowest BCUT2D eigenvalue weighted by Crippen LogP contribution is -2.54. The molecule has 1 aromatic carbocycles. The predicted molar refractivity (Wildman–Crippen MR) is 113 cm³/mol. The van der Waals surface area contributed by atoms with Crippen LogP contribution >= 0.6 is 0 Å². The Morgan fingerprint density at radius 3 is 2.64 bits per heavy atom. The van der Waals surface area contributed by atoms with Crippen LogP contribution in [0.2, 0.25) is 0 Å². The van der Waals surface area contributed by atoms with Crippen molar-refractivity contribution < 1.29 is 9.84 Å².